The van der Waals surface area contributed by atoms with Gasteiger partial charge < -0.3 is 15.6 Å². The van der Waals surface area contributed by atoms with Crippen molar-refractivity contribution in [3.8, 4) is 0 Å². The summed E-state index contributed by atoms with van der Waals surface area (Å²) in [5.74, 6) is -1.44. The predicted octanol–water partition coefficient (Wildman–Crippen LogP) is -2.31. The Morgan fingerprint density at radius 3 is 2.42 bits per heavy atom. The van der Waals surface area contributed by atoms with Crippen LogP contribution in [0.1, 0.15) is 0 Å². The molecule has 0 radical (unpaired) electrons. The van der Waals surface area contributed by atoms with Crippen LogP contribution in [0.15, 0.2) is 0 Å². The van der Waals surface area contributed by atoms with E-state index in [9.17, 15) is 13.2 Å². The van der Waals surface area contributed by atoms with Crippen molar-refractivity contribution < 1.29 is 27.6 Å². The van der Waals surface area contributed by atoms with Gasteiger partial charge in [0.2, 0.25) is 0 Å². The first-order valence-corrected chi connectivity index (χ1v) is 4.41. The van der Waals surface area contributed by atoms with Crippen LogP contribution in [0.4, 0.5) is 0 Å². The molecule has 1 atom stereocenters. The van der Waals surface area contributed by atoms with Gasteiger partial charge in [0.15, 0.2) is 0 Å². The van der Waals surface area contributed by atoms with E-state index >= 15 is 0 Å². The number of aliphatic hydroxyl groups excluding tert-OH is 1. The van der Waals surface area contributed by atoms with Crippen LogP contribution in [0.3, 0.4) is 0 Å². The number of hydrogen-bond donors (Lipinski definition) is 3. The predicted molar refractivity (Wildman–Crippen MR) is 37.6 cm³/mol. The lowest BCUT2D eigenvalue weighted by Crippen LogP contribution is -2.32. The number of rotatable bonds is 4. The Balaban J connectivity index is 4.12. The molecule has 0 saturated heterocycles. The van der Waals surface area contributed by atoms with Crippen molar-refractivity contribution in [2.75, 3.05) is 13.2 Å². The highest BCUT2D eigenvalue weighted by atomic mass is 32.2. The third-order valence-electron chi connectivity index (χ3n) is 0.846. The van der Waals surface area contributed by atoms with E-state index in [2.05, 4.69) is 4.74 Å². The summed E-state index contributed by atoms with van der Waals surface area (Å²) in [5, 5.41) is 8.53. The Morgan fingerprint density at radius 2 is 2.08 bits per heavy atom. The van der Waals surface area contributed by atoms with E-state index in [-0.39, 0.29) is 13.2 Å². The number of nitrogens with two attached hydrogens (primary N) is 1. The van der Waals surface area contributed by atoms with Crippen LogP contribution in [-0.4, -0.2) is 42.6 Å². The van der Waals surface area contributed by atoms with Crippen LogP contribution in [0.2, 0.25) is 0 Å². The summed E-state index contributed by atoms with van der Waals surface area (Å²) < 4.78 is 32.5. The Kier molecular flexibility index (Phi) is 4.10. The second-order valence-electron chi connectivity index (χ2n) is 1.82. The second-order valence-corrected chi connectivity index (χ2v) is 3.30. The average molecular weight is 199 g/mol. The molecule has 0 amide bonds. The molecule has 0 aliphatic heterocycles. The van der Waals surface area contributed by atoms with E-state index in [4.69, 9.17) is 15.4 Å². The summed E-state index contributed by atoms with van der Waals surface area (Å²) in [7, 11) is -4.79. The number of hydrogen-bond acceptors (Lipinski definition) is 6. The molecule has 0 aliphatic rings. The lowest BCUT2D eigenvalue weighted by molar-refractivity contribution is -0.148. The minimum atomic E-state index is -4.79. The molecule has 0 aromatic heterocycles. The zero-order chi connectivity index (χ0) is 9.78. The first kappa shape index (κ1) is 11.3. The molecule has 0 spiro atoms. The number of carbonyl (C=O) groups excluding carboxylic acids is 1. The van der Waals surface area contributed by atoms with Crippen molar-refractivity contribution >= 4 is 16.1 Å². The summed E-state index contributed by atoms with van der Waals surface area (Å²) in [4.78, 5) is 10.5. The minimum Gasteiger partial charge on any atom is -0.462 e. The summed E-state index contributed by atoms with van der Waals surface area (Å²) >= 11 is 0. The van der Waals surface area contributed by atoms with E-state index in [0.29, 0.717) is 0 Å². The van der Waals surface area contributed by atoms with Crippen molar-refractivity contribution in [1.82, 2.24) is 0 Å². The van der Waals surface area contributed by atoms with Gasteiger partial charge in [-0.2, -0.15) is 8.42 Å². The van der Waals surface area contributed by atoms with Gasteiger partial charge in [-0.25, -0.2) is 4.79 Å². The van der Waals surface area contributed by atoms with Gasteiger partial charge in [-0.05, 0) is 0 Å². The van der Waals surface area contributed by atoms with Crippen molar-refractivity contribution in [3.63, 3.8) is 0 Å². The molecule has 1 unspecified atom stereocenters. The Labute approximate surface area is 68.9 Å². The molecule has 7 nitrogen and oxygen atoms in total. The van der Waals surface area contributed by atoms with Crippen LogP contribution < -0.4 is 5.73 Å². The normalized spacial score (nSPS) is 13.9. The highest BCUT2D eigenvalue weighted by Crippen LogP contribution is 1.96. The molecule has 4 N–H and O–H groups in total. The largest absolute Gasteiger partial charge is 0.462 e. The van der Waals surface area contributed by atoms with E-state index < -0.39 is 21.5 Å². The molecule has 72 valence electrons. The molecular formula is C4H9NO6S. The molecular weight excluding hydrogens is 190 g/mol. The quantitative estimate of drug-likeness (QED) is 0.343. The Morgan fingerprint density at radius 1 is 1.58 bits per heavy atom. The molecule has 12 heavy (non-hydrogen) atoms. The Bertz CT molecular complexity index is 246. The van der Waals surface area contributed by atoms with Gasteiger partial charge in [-0.3, -0.25) is 4.55 Å². The number of aliphatic hydroxyl groups is 1. The van der Waals surface area contributed by atoms with Crippen molar-refractivity contribution in [3.05, 3.63) is 0 Å². The molecule has 0 rings (SSSR count). The first-order valence-electron chi connectivity index (χ1n) is 2.90. The third kappa shape index (κ3) is 3.62. The van der Waals surface area contributed by atoms with Crippen LogP contribution in [0, 0.1) is 0 Å². The zero-order valence-electron chi connectivity index (χ0n) is 6.00. The van der Waals surface area contributed by atoms with Crippen molar-refractivity contribution in [1.29, 1.82) is 0 Å². The molecule has 0 bridgehead atoms. The zero-order valence-corrected chi connectivity index (χ0v) is 6.82. The fourth-order valence-electron chi connectivity index (χ4n) is 0.352. The van der Waals surface area contributed by atoms with Crippen LogP contribution in [0.25, 0.3) is 0 Å². The smallest absolute Gasteiger partial charge is 0.353 e. The fraction of sp³-hybridized carbons (Fsp3) is 0.750. The molecule has 0 fully saturated rings. The molecule has 0 aromatic rings. The summed E-state index contributed by atoms with van der Waals surface area (Å²) in [6.45, 7) is -0.213. The summed E-state index contributed by atoms with van der Waals surface area (Å²) in [5.41, 5.74) is 2.36. The lowest BCUT2D eigenvalue weighted by Gasteiger charge is -2.06. The standard InChI is InChI=1S/C4H9NO6S/c5-1-2-11-3(6)4(7)12(8,9)10/h4,7H,1-2,5H2,(H,8,9,10). The molecule has 8 heteroatoms. The molecule has 0 saturated carbocycles. The third-order valence-corrected chi connectivity index (χ3v) is 1.60. The maximum atomic E-state index is 10.5. The van der Waals surface area contributed by atoms with Gasteiger partial charge in [0.05, 0.1) is 0 Å². The van der Waals surface area contributed by atoms with E-state index in [1.165, 1.54) is 0 Å². The second kappa shape index (κ2) is 4.36. The van der Waals surface area contributed by atoms with Gasteiger partial charge in [-0.1, -0.05) is 0 Å². The van der Waals surface area contributed by atoms with Gasteiger partial charge in [-0.15, -0.1) is 0 Å². The molecule has 0 aliphatic carbocycles. The average Bonchev–Trinajstić information content (AvgIpc) is 1.97. The maximum Gasteiger partial charge on any atom is 0.353 e. The monoisotopic (exact) mass is 199 g/mol. The van der Waals surface area contributed by atoms with Crippen molar-refractivity contribution in [2.24, 2.45) is 5.73 Å². The highest BCUT2D eigenvalue weighted by Gasteiger charge is 2.29. The van der Waals surface area contributed by atoms with E-state index in [1.54, 1.807) is 0 Å². The molecule has 0 aromatic carbocycles. The fourth-order valence-corrected chi connectivity index (χ4v) is 0.664. The Hall–Kier alpha value is -0.700. The van der Waals surface area contributed by atoms with Crippen LogP contribution in [-0.2, 0) is 19.6 Å². The minimum absolute atomic E-state index is 0.00390. The maximum absolute atomic E-state index is 10.5. The van der Waals surface area contributed by atoms with E-state index in [1.807, 2.05) is 0 Å². The summed E-state index contributed by atoms with van der Waals surface area (Å²) in [6, 6.07) is 0. The number of ether oxygens (including phenoxy) is 1. The van der Waals surface area contributed by atoms with Crippen LogP contribution >= 0.6 is 0 Å². The van der Waals surface area contributed by atoms with E-state index in [0.717, 1.165) is 0 Å². The van der Waals surface area contributed by atoms with Gasteiger partial charge in [0, 0.05) is 6.54 Å². The van der Waals surface area contributed by atoms with Gasteiger partial charge in [0.25, 0.3) is 5.44 Å². The van der Waals surface area contributed by atoms with Crippen LogP contribution in [0.5, 0.6) is 0 Å². The highest BCUT2D eigenvalue weighted by molar-refractivity contribution is 7.87. The number of esters is 1. The van der Waals surface area contributed by atoms with Gasteiger partial charge >= 0.3 is 16.1 Å². The summed E-state index contributed by atoms with van der Waals surface area (Å²) in [6.07, 6.45) is 0. The topological polar surface area (TPSA) is 127 Å². The molecule has 0 heterocycles. The van der Waals surface area contributed by atoms with Crippen molar-refractivity contribution in [2.45, 2.75) is 5.44 Å². The first-order chi connectivity index (χ1) is 5.39. The van der Waals surface area contributed by atoms with Gasteiger partial charge in [0.1, 0.15) is 6.61 Å². The number of carbonyl (C=O) groups is 1. The SMILES string of the molecule is NCCOC(=O)C(O)S(=O)(=O)O. The lowest BCUT2D eigenvalue weighted by atomic mass is 10.7.